The summed E-state index contributed by atoms with van der Waals surface area (Å²) in [4.78, 5) is 38.7. The van der Waals surface area contributed by atoms with E-state index < -0.39 is 18.2 Å². The van der Waals surface area contributed by atoms with E-state index in [2.05, 4.69) is 83.4 Å². The van der Waals surface area contributed by atoms with Crippen molar-refractivity contribution in [3.05, 3.63) is 121 Å². The zero-order valence-electron chi connectivity index (χ0n) is 25.7. The van der Waals surface area contributed by atoms with Crippen LogP contribution < -0.4 is 26.5 Å². The van der Waals surface area contributed by atoms with Gasteiger partial charge in [-0.05, 0) is 20.8 Å². The van der Waals surface area contributed by atoms with Gasteiger partial charge < -0.3 is 0 Å². The van der Waals surface area contributed by atoms with Gasteiger partial charge in [0.1, 0.15) is 0 Å². The molecule has 0 radical (unpaired) electrons. The van der Waals surface area contributed by atoms with Crippen LogP contribution in [0.3, 0.4) is 0 Å². The maximum absolute atomic E-state index is 13.9. The van der Waals surface area contributed by atoms with E-state index in [0.717, 1.165) is 12.0 Å². The van der Waals surface area contributed by atoms with E-state index in [4.69, 9.17) is 4.74 Å². The fourth-order valence-corrected chi connectivity index (χ4v) is 14.3. The number of anilines is 1. The van der Waals surface area contributed by atoms with Crippen molar-refractivity contribution in [3.63, 3.8) is 0 Å². The third kappa shape index (κ3) is 6.05. The number of carbonyl (C=O) groups is 3. The molecule has 0 bridgehead atoms. The molecule has 5 rings (SSSR count). The van der Waals surface area contributed by atoms with Crippen molar-refractivity contribution >= 4 is 46.0 Å². The zero-order chi connectivity index (χ0) is 31.2. The number of esters is 1. The molecular weight excluding hydrogens is 567 g/mol. The summed E-state index contributed by atoms with van der Waals surface area (Å²) in [5, 5.41) is 9.62. The second-order valence-electron chi connectivity index (χ2n) is 12.5. The molecule has 1 unspecified atom stereocenters. The van der Waals surface area contributed by atoms with Crippen LogP contribution >= 0.6 is 6.60 Å². The molecule has 6 nitrogen and oxygen atoms in total. The number of nitrogens with one attached hydrogen (secondary N) is 2. The maximum atomic E-state index is 13.9. The molecule has 1 heterocycles. The molecule has 2 N–H and O–H groups in total. The van der Waals surface area contributed by atoms with Crippen LogP contribution in [0.15, 0.2) is 115 Å². The van der Waals surface area contributed by atoms with Crippen LogP contribution in [-0.2, 0) is 25.3 Å². The molecule has 44 heavy (non-hydrogen) atoms. The van der Waals surface area contributed by atoms with Crippen molar-refractivity contribution in [1.29, 1.82) is 0 Å². The molecule has 7 heteroatoms. The van der Waals surface area contributed by atoms with E-state index in [9.17, 15) is 14.4 Å². The first-order valence-electron chi connectivity index (χ1n) is 15.2. The molecule has 2 amide bonds. The quantitative estimate of drug-likeness (QED) is 0.180. The number of ether oxygens (including phenoxy) is 1. The summed E-state index contributed by atoms with van der Waals surface area (Å²) in [6, 6.07) is 39.6. The summed E-state index contributed by atoms with van der Waals surface area (Å²) in [7, 11) is 0. The van der Waals surface area contributed by atoms with Gasteiger partial charge >= 0.3 is 240 Å². The van der Waals surface area contributed by atoms with Crippen molar-refractivity contribution < 1.29 is 19.1 Å². The number of amides is 2. The molecule has 4 aromatic carbocycles. The number of rotatable bonds is 10. The van der Waals surface area contributed by atoms with Gasteiger partial charge in [-0.2, -0.15) is 0 Å². The molecule has 1 aliphatic rings. The van der Waals surface area contributed by atoms with Crippen molar-refractivity contribution in [2.45, 2.75) is 57.5 Å². The van der Waals surface area contributed by atoms with Crippen LogP contribution in [0.25, 0.3) is 0 Å². The second-order valence-corrected chi connectivity index (χ2v) is 17.7. The van der Waals surface area contributed by atoms with Gasteiger partial charge in [0.2, 0.25) is 0 Å². The van der Waals surface area contributed by atoms with Gasteiger partial charge in [0.15, 0.2) is 0 Å². The first kappa shape index (κ1) is 31.2. The van der Waals surface area contributed by atoms with Crippen molar-refractivity contribution in [1.82, 2.24) is 5.32 Å². The fraction of sp³-hybridized carbons (Fsp3) is 0.270. The minimum absolute atomic E-state index is 0.0183. The van der Waals surface area contributed by atoms with Crippen LogP contribution in [0.5, 0.6) is 0 Å². The molecule has 0 aromatic heterocycles. The predicted octanol–water partition coefficient (Wildman–Crippen LogP) is 5.67. The molecule has 1 saturated heterocycles. The summed E-state index contributed by atoms with van der Waals surface area (Å²) < 4.78 is 5.33. The summed E-state index contributed by atoms with van der Waals surface area (Å²) >= 11 is 0. The van der Waals surface area contributed by atoms with Gasteiger partial charge in [0.05, 0.1) is 0 Å². The molecule has 228 valence electrons. The van der Waals surface area contributed by atoms with Crippen LogP contribution in [0, 0.1) is 0 Å². The fourth-order valence-electron chi connectivity index (χ4n) is 6.71. The number of hydrogen-bond acceptors (Lipinski definition) is 4. The van der Waals surface area contributed by atoms with E-state index in [-0.39, 0.29) is 30.3 Å². The average molecular weight is 609 g/mol. The van der Waals surface area contributed by atoms with Gasteiger partial charge in [-0.1, -0.05) is 0 Å². The SMILES string of the molecule is CC(C)(C)OC(=O)CCC(=O)Nc1ccc(CP(c2ccccc2)(c2ccccc2)(c2ccccc2)C2CCNC2=O)cc1. The van der Waals surface area contributed by atoms with E-state index in [1.807, 2.05) is 42.5 Å². The first-order valence-corrected chi connectivity index (χ1v) is 17.7. The Kier molecular flexibility index (Phi) is 9.03. The number of hydrogen-bond donors (Lipinski definition) is 2. The van der Waals surface area contributed by atoms with E-state index >= 15 is 0 Å². The molecule has 1 atom stereocenters. The molecule has 0 aliphatic carbocycles. The Morgan fingerprint density at radius 1 is 0.773 bits per heavy atom. The van der Waals surface area contributed by atoms with Crippen LogP contribution in [-0.4, -0.2) is 35.6 Å². The summed E-state index contributed by atoms with van der Waals surface area (Å²) in [6.07, 6.45) is 1.44. The molecular formula is C37H41N2O4P. The van der Waals surface area contributed by atoms with Crippen molar-refractivity contribution in [2.75, 3.05) is 11.9 Å². The topological polar surface area (TPSA) is 84.5 Å². The molecule has 0 saturated carbocycles. The standard InChI is InChI=1S/C37H41N2O4P/c1-37(2,3)43-35(41)24-23-34(40)39-29-21-19-28(20-22-29)27-44(30-13-7-4-8-14-30,31-15-9-5-10-16-31,32-17-11-6-12-18-32)33-25-26-38-36(33)42/h4-22,33H,23-27H2,1-3H3,(H,38,42)(H,39,40). The van der Waals surface area contributed by atoms with Crippen LogP contribution in [0.4, 0.5) is 5.69 Å². The summed E-state index contributed by atoms with van der Waals surface area (Å²) in [6.45, 7) is 2.53. The van der Waals surface area contributed by atoms with Crippen LogP contribution in [0.2, 0.25) is 0 Å². The Balaban J connectivity index is 1.57. The van der Waals surface area contributed by atoms with Gasteiger partial charge in [0, 0.05) is 0 Å². The number of benzene rings is 4. The van der Waals surface area contributed by atoms with Crippen molar-refractivity contribution in [2.24, 2.45) is 0 Å². The summed E-state index contributed by atoms with van der Waals surface area (Å²) in [5.74, 6) is -0.551. The third-order valence-corrected chi connectivity index (χ3v) is 15.8. The summed E-state index contributed by atoms with van der Waals surface area (Å²) in [5.41, 5.74) is 0.893. The Hall–Kier alpha value is -4.28. The van der Waals surface area contributed by atoms with E-state index in [1.165, 1.54) is 15.9 Å². The van der Waals surface area contributed by atoms with E-state index in [1.54, 1.807) is 20.8 Å². The number of carbonyl (C=O) groups excluding carboxylic acids is 3. The monoisotopic (exact) mass is 608 g/mol. The second kappa shape index (κ2) is 12.8. The third-order valence-electron chi connectivity index (χ3n) is 8.47. The van der Waals surface area contributed by atoms with Gasteiger partial charge in [0.25, 0.3) is 0 Å². The molecule has 4 aromatic rings. The van der Waals surface area contributed by atoms with Crippen LogP contribution in [0.1, 0.15) is 45.6 Å². The van der Waals surface area contributed by atoms with Crippen molar-refractivity contribution in [3.8, 4) is 0 Å². The predicted molar refractivity (Wildman–Crippen MR) is 180 cm³/mol. The van der Waals surface area contributed by atoms with Gasteiger partial charge in [-0.3, -0.25) is 0 Å². The molecule has 0 spiro atoms. The Morgan fingerprint density at radius 3 is 1.70 bits per heavy atom. The Labute approximate surface area is 260 Å². The normalized spacial score (nSPS) is 15.9. The Bertz CT molecular complexity index is 1500. The zero-order valence-corrected chi connectivity index (χ0v) is 26.6. The van der Waals surface area contributed by atoms with Gasteiger partial charge in [-0.15, -0.1) is 0 Å². The average Bonchev–Trinajstić information content (AvgIpc) is 3.47. The minimum atomic E-state index is -3.53. The van der Waals surface area contributed by atoms with Gasteiger partial charge in [-0.25, -0.2) is 0 Å². The first-order chi connectivity index (χ1) is 21.1. The van der Waals surface area contributed by atoms with E-state index in [0.29, 0.717) is 18.4 Å². The molecule has 1 aliphatic heterocycles. The molecule has 1 fully saturated rings. The Morgan fingerprint density at radius 2 is 1.27 bits per heavy atom.